The van der Waals surface area contributed by atoms with E-state index in [0.29, 0.717) is 32.9 Å². The second kappa shape index (κ2) is 10.6. The molecule has 4 rings (SSSR count). The summed E-state index contributed by atoms with van der Waals surface area (Å²) < 4.78 is 6.80. The molecule has 3 aromatic carbocycles. The Kier molecular flexibility index (Phi) is 7.55. The van der Waals surface area contributed by atoms with Gasteiger partial charge < -0.3 is 10.1 Å². The van der Waals surface area contributed by atoms with E-state index in [4.69, 9.17) is 27.9 Å². The molecule has 0 radical (unpaired) electrons. The molecule has 1 heterocycles. The van der Waals surface area contributed by atoms with Gasteiger partial charge in [0.15, 0.2) is 5.17 Å². The Morgan fingerprint density at radius 3 is 2.48 bits per heavy atom. The summed E-state index contributed by atoms with van der Waals surface area (Å²) in [6.07, 6.45) is 1.68. The number of rotatable bonds is 5. The highest BCUT2D eigenvalue weighted by Gasteiger charge is 2.25. The molecule has 0 aliphatic carbocycles. The van der Waals surface area contributed by atoms with Crippen molar-refractivity contribution in [2.24, 2.45) is 4.99 Å². The topological polar surface area (TPSA) is 67.8 Å². The summed E-state index contributed by atoms with van der Waals surface area (Å²) in [4.78, 5) is 29.0. The normalized spacial score (nSPS) is 15.7. The van der Waals surface area contributed by atoms with Crippen molar-refractivity contribution in [2.75, 3.05) is 0 Å². The number of benzene rings is 3. The van der Waals surface area contributed by atoms with Crippen LogP contribution >= 0.6 is 50.9 Å². The summed E-state index contributed by atoms with van der Waals surface area (Å²) in [5.74, 6) is -0.263. The van der Waals surface area contributed by atoms with Crippen molar-refractivity contribution in [1.82, 2.24) is 5.32 Å². The smallest absolute Gasteiger partial charge is 0.279 e. The fourth-order valence-electron chi connectivity index (χ4n) is 2.85. The molecule has 1 aliphatic heterocycles. The second-order valence-corrected chi connectivity index (χ2v) is 9.69. The second-order valence-electron chi connectivity index (χ2n) is 6.90. The minimum atomic E-state index is -0.467. The van der Waals surface area contributed by atoms with Crippen LogP contribution in [0.2, 0.25) is 10.0 Å². The molecular formula is C24H15BrCl2N2O3S. The van der Waals surface area contributed by atoms with E-state index in [0.717, 1.165) is 27.4 Å². The molecule has 0 spiro atoms. The molecule has 0 atom stereocenters. The van der Waals surface area contributed by atoms with E-state index in [1.54, 1.807) is 48.5 Å². The fraction of sp³-hybridized carbons (Fsp3) is 0.0417. The molecule has 166 valence electrons. The number of amides is 2. The van der Waals surface area contributed by atoms with E-state index < -0.39 is 5.91 Å². The van der Waals surface area contributed by atoms with Crippen molar-refractivity contribution in [1.29, 1.82) is 0 Å². The van der Waals surface area contributed by atoms with Crippen LogP contribution in [0.3, 0.4) is 0 Å². The summed E-state index contributed by atoms with van der Waals surface area (Å²) in [6.45, 7) is 0.382. The Morgan fingerprint density at radius 1 is 1.06 bits per heavy atom. The maximum atomic E-state index is 12.3. The highest BCUT2D eigenvalue weighted by Crippen LogP contribution is 2.30. The number of carbonyl (C=O) groups is 2. The van der Waals surface area contributed by atoms with E-state index in [9.17, 15) is 9.59 Å². The Labute approximate surface area is 213 Å². The van der Waals surface area contributed by atoms with Gasteiger partial charge in [-0.3, -0.25) is 9.59 Å². The molecule has 2 amide bonds. The van der Waals surface area contributed by atoms with E-state index in [2.05, 4.69) is 26.2 Å². The number of hydrogen-bond donors (Lipinski definition) is 1. The number of nitrogens with one attached hydrogen (secondary N) is 1. The van der Waals surface area contributed by atoms with E-state index in [1.165, 1.54) is 0 Å². The lowest BCUT2D eigenvalue weighted by molar-refractivity contribution is -0.115. The predicted octanol–water partition coefficient (Wildman–Crippen LogP) is 6.74. The van der Waals surface area contributed by atoms with Crippen LogP contribution < -0.4 is 10.1 Å². The molecule has 1 N–H and O–H groups in total. The lowest BCUT2D eigenvalue weighted by atomic mass is 10.2. The molecule has 33 heavy (non-hydrogen) atoms. The van der Waals surface area contributed by atoms with Gasteiger partial charge in [-0.25, -0.2) is 0 Å². The third-order valence-corrected chi connectivity index (χ3v) is 6.49. The molecule has 3 aromatic rings. The zero-order valence-electron chi connectivity index (χ0n) is 16.8. The molecule has 1 fully saturated rings. The first-order chi connectivity index (χ1) is 15.9. The Balaban J connectivity index is 1.43. The zero-order chi connectivity index (χ0) is 23.4. The summed E-state index contributed by atoms with van der Waals surface area (Å²) in [7, 11) is 0. The van der Waals surface area contributed by atoms with Crippen LogP contribution in [0.4, 0.5) is 0 Å². The first-order valence-electron chi connectivity index (χ1n) is 9.64. The molecule has 1 saturated heterocycles. The summed E-state index contributed by atoms with van der Waals surface area (Å²) in [5.41, 5.74) is 2.11. The molecule has 0 unspecified atom stereocenters. The summed E-state index contributed by atoms with van der Waals surface area (Å²) in [5, 5.41) is 3.77. The number of aliphatic imine (C=N–C) groups is 1. The van der Waals surface area contributed by atoms with E-state index in [-0.39, 0.29) is 11.1 Å². The molecule has 5 nitrogen and oxygen atoms in total. The van der Waals surface area contributed by atoms with Gasteiger partial charge in [0, 0.05) is 15.1 Å². The number of hydrogen-bond acceptors (Lipinski definition) is 4. The average molecular weight is 562 g/mol. The van der Waals surface area contributed by atoms with Gasteiger partial charge in [0.2, 0.25) is 0 Å². The van der Waals surface area contributed by atoms with Crippen molar-refractivity contribution >= 4 is 74.0 Å². The van der Waals surface area contributed by atoms with Crippen LogP contribution in [-0.4, -0.2) is 17.0 Å². The molecule has 1 aliphatic rings. The predicted molar refractivity (Wildman–Crippen MR) is 137 cm³/mol. The minimum absolute atomic E-state index is 0.215. The first kappa shape index (κ1) is 23.6. The van der Waals surface area contributed by atoms with Crippen molar-refractivity contribution < 1.29 is 14.3 Å². The number of thioether (sulfide) groups is 1. The van der Waals surface area contributed by atoms with Crippen molar-refractivity contribution in [3.63, 3.8) is 0 Å². The first-order valence-corrected chi connectivity index (χ1v) is 12.0. The highest BCUT2D eigenvalue weighted by molar-refractivity contribution is 9.10. The van der Waals surface area contributed by atoms with Crippen LogP contribution in [0.1, 0.15) is 21.5 Å². The third-order valence-electron chi connectivity index (χ3n) is 4.51. The van der Waals surface area contributed by atoms with Crippen LogP contribution in [0.15, 0.2) is 81.1 Å². The van der Waals surface area contributed by atoms with Gasteiger partial charge in [0.25, 0.3) is 11.8 Å². The van der Waals surface area contributed by atoms with Gasteiger partial charge in [0.05, 0.1) is 9.93 Å². The number of amidine groups is 1. The van der Waals surface area contributed by atoms with E-state index >= 15 is 0 Å². The van der Waals surface area contributed by atoms with Gasteiger partial charge in [0.1, 0.15) is 12.4 Å². The van der Waals surface area contributed by atoms with Gasteiger partial charge in [-0.1, -0.05) is 57.3 Å². The lowest BCUT2D eigenvalue weighted by Gasteiger charge is -2.09. The van der Waals surface area contributed by atoms with Gasteiger partial charge in [-0.15, -0.1) is 0 Å². The van der Waals surface area contributed by atoms with Crippen molar-refractivity contribution in [3.8, 4) is 5.75 Å². The minimum Gasteiger partial charge on any atom is -0.487 e. The van der Waals surface area contributed by atoms with Crippen LogP contribution in [0.25, 0.3) is 6.08 Å². The molecule has 0 aromatic heterocycles. The summed E-state index contributed by atoms with van der Waals surface area (Å²) >= 11 is 16.7. The Morgan fingerprint density at radius 2 is 1.79 bits per heavy atom. The molecule has 0 saturated carbocycles. The van der Waals surface area contributed by atoms with Crippen molar-refractivity contribution in [3.05, 3.63) is 103 Å². The van der Waals surface area contributed by atoms with Gasteiger partial charge in [-0.2, -0.15) is 4.99 Å². The Bertz CT molecular complexity index is 1280. The number of ether oxygens (including phenoxy) is 1. The highest BCUT2D eigenvalue weighted by atomic mass is 79.9. The number of carbonyl (C=O) groups excluding carboxylic acids is 2. The standard InChI is InChI=1S/C24H15BrCl2N2O3S/c25-17-6-1-14(2-7-17)13-32-20-10-3-15(11-19(20)27)12-21-23(31)29-24(33-21)28-22(30)16-4-8-18(26)9-5-16/h1-12H,13H2,(H,28,29,30,31)/b21-12-. The SMILES string of the molecule is O=C1NC(=NC(=O)c2ccc(Cl)cc2)S/C1=C\c1ccc(OCc2ccc(Br)cc2)c(Cl)c1. The maximum Gasteiger partial charge on any atom is 0.279 e. The van der Waals surface area contributed by atoms with Gasteiger partial charge in [-0.05, 0) is 77.5 Å². The quantitative estimate of drug-likeness (QED) is 0.350. The number of nitrogens with zero attached hydrogens (tertiary/aromatic N) is 1. The zero-order valence-corrected chi connectivity index (χ0v) is 20.8. The fourth-order valence-corrected chi connectivity index (χ4v) is 4.30. The average Bonchev–Trinajstić information content (AvgIpc) is 3.13. The third kappa shape index (κ3) is 6.26. The van der Waals surface area contributed by atoms with Gasteiger partial charge >= 0.3 is 0 Å². The largest absolute Gasteiger partial charge is 0.487 e. The monoisotopic (exact) mass is 560 g/mol. The molecule has 9 heteroatoms. The van der Waals surface area contributed by atoms with Crippen LogP contribution in [0.5, 0.6) is 5.75 Å². The van der Waals surface area contributed by atoms with Crippen LogP contribution in [0, 0.1) is 0 Å². The number of halogens is 3. The summed E-state index contributed by atoms with van der Waals surface area (Å²) in [6, 6.07) is 19.5. The van der Waals surface area contributed by atoms with Crippen LogP contribution in [-0.2, 0) is 11.4 Å². The molecule has 0 bridgehead atoms. The lowest BCUT2D eigenvalue weighted by Crippen LogP contribution is -2.20. The van der Waals surface area contributed by atoms with E-state index in [1.807, 2.05) is 24.3 Å². The maximum absolute atomic E-state index is 12.3. The Hall–Kier alpha value is -2.58. The van der Waals surface area contributed by atoms with Crippen molar-refractivity contribution in [2.45, 2.75) is 6.61 Å². The molecular weight excluding hydrogens is 547 g/mol.